The summed E-state index contributed by atoms with van der Waals surface area (Å²) in [6.07, 6.45) is 19.8. The molecule has 0 amide bonds. The third-order valence-electron chi connectivity index (χ3n) is 4.22. The fourth-order valence-corrected chi connectivity index (χ4v) is 2.66. The average molecular weight is 325 g/mol. The highest BCUT2D eigenvalue weighted by molar-refractivity contribution is 5.69. The second-order valence-electron chi connectivity index (χ2n) is 6.96. The number of allylic oxidation sites excluding steroid dienone is 1. The van der Waals surface area contributed by atoms with E-state index in [-0.39, 0.29) is 5.97 Å². The molecule has 0 aliphatic rings. The zero-order chi connectivity index (χ0) is 17.2. The summed E-state index contributed by atoms with van der Waals surface area (Å²) >= 11 is 0. The smallest absolute Gasteiger partial charge is 0.306 e. The molecule has 0 atom stereocenters. The third kappa shape index (κ3) is 19.2. The number of carbonyl (C=O) groups excluding carboxylic acids is 1. The van der Waals surface area contributed by atoms with E-state index in [9.17, 15) is 4.79 Å². The van der Waals surface area contributed by atoms with Crippen molar-refractivity contribution in [3.8, 4) is 0 Å². The van der Waals surface area contributed by atoms with Crippen molar-refractivity contribution in [3.63, 3.8) is 0 Å². The van der Waals surface area contributed by atoms with Crippen LogP contribution in [0.15, 0.2) is 11.6 Å². The summed E-state index contributed by atoms with van der Waals surface area (Å²) in [5, 5.41) is 0. The first kappa shape index (κ1) is 22.2. The van der Waals surface area contributed by atoms with Crippen LogP contribution in [-0.4, -0.2) is 12.6 Å². The Morgan fingerprint density at radius 3 is 1.61 bits per heavy atom. The number of rotatable bonds is 16. The third-order valence-corrected chi connectivity index (χ3v) is 4.22. The van der Waals surface area contributed by atoms with Gasteiger partial charge in [-0.25, -0.2) is 0 Å². The number of unbranched alkanes of at least 4 members (excludes halogenated alkanes) is 12. The van der Waals surface area contributed by atoms with Gasteiger partial charge in [0, 0.05) is 6.42 Å². The van der Waals surface area contributed by atoms with Crippen LogP contribution in [0.25, 0.3) is 0 Å². The molecule has 0 spiro atoms. The van der Waals surface area contributed by atoms with Crippen molar-refractivity contribution in [2.45, 2.75) is 111 Å². The number of ether oxygens (including phenoxy) is 1. The summed E-state index contributed by atoms with van der Waals surface area (Å²) in [7, 11) is 0. The molecule has 0 aliphatic carbocycles. The molecule has 0 saturated carbocycles. The summed E-state index contributed by atoms with van der Waals surface area (Å²) in [5.74, 6) is -0.0504. The Morgan fingerprint density at radius 1 is 0.739 bits per heavy atom. The summed E-state index contributed by atoms with van der Waals surface area (Å²) in [5.41, 5.74) is 1.19. The summed E-state index contributed by atoms with van der Waals surface area (Å²) < 4.78 is 5.14. The van der Waals surface area contributed by atoms with Crippen molar-refractivity contribution in [1.82, 2.24) is 0 Å². The quantitative estimate of drug-likeness (QED) is 0.174. The molecular weight excluding hydrogens is 284 g/mol. The molecule has 0 aromatic rings. The lowest BCUT2D eigenvalue weighted by Crippen LogP contribution is -2.04. The minimum Gasteiger partial charge on any atom is -0.461 e. The van der Waals surface area contributed by atoms with Gasteiger partial charge in [0.05, 0.1) is 0 Å². The van der Waals surface area contributed by atoms with Crippen molar-refractivity contribution in [3.05, 3.63) is 11.6 Å². The number of hydrogen-bond acceptors (Lipinski definition) is 2. The second kappa shape index (κ2) is 17.6. The van der Waals surface area contributed by atoms with Gasteiger partial charge in [-0.1, -0.05) is 89.5 Å². The van der Waals surface area contributed by atoms with E-state index in [0.29, 0.717) is 13.0 Å². The highest BCUT2D eigenvalue weighted by Gasteiger charge is 2.01. The highest BCUT2D eigenvalue weighted by Crippen LogP contribution is 2.13. The van der Waals surface area contributed by atoms with E-state index >= 15 is 0 Å². The molecule has 0 aromatic heterocycles. The molecule has 0 fully saturated rings. The van der Waals surface area contributed by atoms with Gasteiger partial charge < -0.3 is 4.74 Å². The first-order chi connectivity index (χ1) is 11.2. The van der Waals surface area contributed by atoms with Gasteiger partial charge in [-0.2, -0.15) is 0 Å². The summed E-state index contributed by atoms with van der Waals surface area (Å²) in [6, 6.07) is 0. The highest BCUT2D eigenvalue weighted by atomic mass is 16.5. The molecule has 0 aliphatic heterocycles. The molecule has 2 heteroatoms. The summed E-state index contributed by atoms with van der Waals surface area (Å²) in [6.45, 7) is 6.73. The minimum atomic E-state index is -0.0504. The summed E-state index contributed by atoms with van der Waals surface area (Å²) in [4.78, 5) is 11.5. The Kier molecular flexibility index (Phi) is 17.0. The van der Waals surface area contributed by atoms with Gasteiger partial charge in [-0.05, 0) is 26.3 Å². The normalized spacial score (nSPS) is 10.6. The van der Waals surface area contributed by atoms with E-state index in [1.807, 2.05) is 19.9 Å². The monoisotopic (exact) mass is 324 g/mol. The van der Waals surface area contributed by atoms with E-state index in [4.69, 9.17) is 4.74 Å². The van der Waals surface area contributed by atoms with Gasteiger partial charge in [0.15, 0.2) is 0 Å². The standard InChI is InChI=1S/C21H40O2/c1-4-5-6-7-8-9-10-11-12-13-14-15-16-17-21(22)23-19-18-20(2)3/h18H,4-17,19H2,1-3H3. The van der Waals surface area contributed by atoms with Crippen LogP contribution in [0.4, 0.5) is 0 Å². The average Bonchev–Trinajstić information content (AvgIpc) is 2.51. The van der Waals surface area contributed by atoms with Gasteiger partial charge in [0.25, 0.3) is 0 Å². The van der Waals surface area contributed by atoms with E-state index < -0.39 is 0 Å². The number of hydrogen-bond donors (Lipinski definition) is 0. The Morgan fingerprint density at radius 2 is 1.17 bits per heavy atom. The second-order valence-corrected chi connectivity index (χ2v) is 6.96. The maximum atomic E-state index is 11.5. The van der Waals surface area contributed by atoms with E-state index in [2.05, 4.69) is 6.92 Å². The van der Waals surface area contributed by atoms with Crippen LogP contribution in [0.5, 0.6) is 0 Å². The van der Waals surface area contributed by atoms with Crippen LogP contribution < -0.4 is 0 Å². The van der Waals surface area contributed by atoms with Crippen molar-refractivity contribution < 1.29 is 9.53 Å². The lowest BCUT2D eigenvalue weighted by molar-refractivity contribution is -0.142. The lowest BCUT2D eigenvalue weighted by Gasteiger charge is -2.04. The maximum Gasteiger partial charge on any atom is 0.306 e. The van der Waals surface area contributed by atoms with Crippen LogP contribution in [0.3, 0.4) is 0 Å². The minimum absolute atomic E-state index is 0.0504. The molecule has 0 heterocycles. The molecule has 23 heavy (non-hydrogen) atoms. The Bertz CT molecular complexity index is 290. The zero-order valence-corrected chi connectivity index (χ0v) is 16.0. The SMILES string of the molecule is CCCCCCCCCCCCCCCC(=O)OCC=C(C)C. The van der Waals surface area contributed by atoms with E-state index in [1.54, 1.807) is 0 Å². The molecule has 0 N–H and O–H groups in total. The van der Waals surface area contributed by atoms with Crippen molar-refractivity contribution in [2.75, 3.05) is 6.61 Å². The molecular formula is C21H40O2. The van der Waals surface area contributed by atoms with Gasteiger partial charge in [0.2, 0.25) is 0 Å². The molecule has 0 aromatic carbocycles. The predicted molar refractivity (Wildman–Crippen MR) is 101 cm³/mol. The first-order valence-electron chi connectivity index (χ1n) is 9.95. The van der Waals surface area contributed by atoms with Crippen molar-refractivity contribution >= 4 is 5.97 Å². The van der Waals surface area contributed by atoms with Gasteiger partial charge in [0.1, 0.15) is 6.61 Å². The number of esters is 1. The van der Waals surface area contributed by atoms with Crippen molar-refractivity contribution in [1.29, 1.82) is 0 Å². The lowest BCUT2D eigenvalue weighted by atomic mass is 10.0. The largest absolute Gasteiger partial charge is 0.461 e. The van der Waals surface area contributed by atoms with Crippen LogP contribution in [0, 0.1) is 0 Å². The van der Waals surface area contributed by atoms with Crippen LogP contribution in [0.2, 0.25) is 0 Å². The topological polar surface area (TPSA) is 26.3 Å². The van der Waals surface area contributed by atoms with Gasteiger partial charge >= 0.3 is 5.97 Å². The van der Waals surface area contributed by atoms with E-state index in [1.165, 1.54) is 76.2 Å². The van der Waals surface area contributed by atoms with Gasteiger partial charge in [-0.15, -0.1) is 0 Å². The molecule has 2 nitrogen and oxygen atoms in total. The van der Waals surface area contributed by atoms with Crippen LogP contribution in [0.1, 0.15) is 111 Å². The van der Waals surface area contributed by atoms with E-state index in [0.717, 1.165) is 12.8 Å². The number of carbonyl (C=O) groups is 1. The zero-order valence-electron chi connectivity index (χ0n) is 16.0. The molecule has 0 saturated heterocycles. The Labute approximate surface area is 145 Å². The Hall–Kier alpha value is -0.790. The van der Waals surface area contributed by atoms with Crippen molar-refractivity contribution in [2.24, 2.45) is 0 Å². The molecule has 0 radical (unpaired) electrons. The maximum absolute atomic E-state index is 11.5. The fraction of sp³-hybridized carbons (Fsp3) is 0.857. The van der Waals surface area contributed by atoms with Crippen LogP contribution in [-0.2, 0) is 9.53 Å². The van der Waals surface area contributed by atoms with Gasteiger partial charge in [-0.3, -0.25) is 4.79 Å². The van der Waals surface area contributed by atoms with Crippen LogP contribution >= 0.6 is 0 Å². The fourth-order valence-electron chi connectivity index (χ4n) is 2.66. The Balaban J connectivity index is 3.15. The molecule has 0 bridgehead atoms. The molecule has 0 unspecified atom stereocenters. The predicted octanol–water partition coefficient (Wildman–Crippen LogP) is 6.98. The molecule has 0 rings (SSSR count). The molecule has 136 valence electrons. The first-order valence-corrected chi connectivity index (χ1v) is 9.95.